The van der Waals surface area contributed by atoms with Gasteiger partial charge in [-0.1, -0.05) is 32.9 Å². The van der Waals surface area contributed by atoms with E-state index >= 15 is 0 Å². The topological polar surface area (TPSA) is 37.8 Å². The lowest BCUT2D eigenvalue weighted by molar-refractivity contribution is 0.545. The summed E-state index contributed by atoms with van der Waals surface area (Å²) >= 11 is 0. The third-order valence-electron chi connectivity index (χ3n) is 2.64. The fourth-order valence-electron chi connectivity index (χ4n) is 1.79. The summed E-state index contributed by atoms with van der Waals surface area (Å²) in [4.78, 5) is 14.4. The molecule has 0 amide bonds. The number of imidazole rings is 1. The molecule has 0 aliphatic rings. The van der Waals surface area contributed by atoms with E-state index in [4.69, 9.17) is 0 Å². The van der Waals surface area contributed by atoms with Crippen LogP contribution in [0, 0.1) is 5.82 Å². The summed E-state index contributed by atoms with van der Waals surface area (Å²) in [6.07, 6.45) is 1.63. The molecule has 0 atom stereocenters. The van der Waals surface area contributed by atoms with E-state index in [1.54, 1.807) is 24.4 Å². The average molecular weight is 234 g/mol. The SMILES string of the molecule is CC(C)(C)c1c[nH]c(=O)n1-c1ccccc1F. The van der Waals surface area contributed by atoms with Gasteiger partial charge in [0.25, 0.3) is 0 Å². The van der Waals surface area contributed by atoms with Crippen molar-refractivity contribution in [3.05, 3.63) is 52.5 Å². The van der Waals surface area contributed by atoms with Gasteiger partial charge in [-0.3, -0.25) is 4.57 Å². The third kappa shape index (κ3) is 2.02. The lowest BCUT2D eigenvalue weighted by Crippen LogP contribution is -2.24. The zero-order chi connectivity index (χ0) is 12.6. The molecule has 3 nitrogen and oxygen atoms in total. The Morgan fingerprint density at radius 3 is 2.47 bits per heavy atom. The standard InChI is InChI=1S/C13H15FN2O/c1-13(2,3)11-8-15-12(17)16(11)10-7-5-4-6-9(10)14/h4-8H,1-3H3,(H,15,17). The number of para-hydroxylation sites is 1. The highest BCUT2D eigenvalue weighted by molar-refractivity contribution is 5.36. The number of nitrogens with one attached hydrogen (secondary N) is 1. The molecule has 0 aliphatic carbocycles. The Balaban J connectivity index is 2.73. The average Bonchev–Trinajstić information content (AvgIpc) is 2.60. The van der Waals surface area contributed by atoms with Crippen molar-refractivity contribution in [2.75, 3.05) is 0 Å². The normalized spacial score (nSPS) is 11.8. The maximum absolute atomic E-state index is 13.7. The monoisotopic (exact) mass is 234 g/mol. The van der Waals surface area contributed by atoms with Crippen LogP contribution in [-0.2, 0) is 5.41 Å². The van der Waals surface area contributed by atoms with Crippen molar-refractivity contribution in [1.29, 1.82) is 0 Å². The molecule has 0 bridgehead atoms. The van der Waals surface area contributed by atoms with Gasteiger partial charge in [0.1, 0.15) is 5.82 Å². The quantitative estimate of drug-likeness (QED) is 0.809. The van der Waals surface area contributed by atoms with E-state index in [9.17, 15) is 9.18 Å². The van der Waals surface area contributed by atoms with Crippen molar-refractivity contribution in [3.63, 3.8) is 0 Å². The minimum Gasteiger partial charge on any atom is -0.312 e. The molecule has 4 heteroatoms. The number of halogens is 1. The van der Waals surface area contributed by atoms with E-state index < -0.39 is 5.82 Å². The van der Waals surface area contributed by atoms with Crippen molar-refractivity contribution in [1.82, 2.24) is 9.55 Å². The molecule has 90 valence electrons. The lowest BCUT2D eigenvalue weighted by Gasteiger charge is -2.20. The van der Waals surface area contributed by atoms with E-state index in [1.807, 2.05) is 20.8 Å². The van der Waals surface area contributed by atoms with Gasteiger partial charge in [-0.25, -0.2) is 9.18 Å². The van der Waals surface area contributed by atoms with Crippen molar-refractivity contribution in [2.24, 2.45) is 0 Å². The van der Waals surface area contributed by atoms with Gasteiger partial charge < -0.3 is 4.98 Å². The second-order valence-corrected chi connectivity index (χ2v) is 5.02. The van der Waals surface area contributed by atoms with Crippen LogP contribution < -0.4 is 5.69 Å². The number of rotatable bonds is 1. The van der Waals surface area contributed by atoms with Crippen LogP contribution in [0.2, 0.25) is 0 Å². The smallest absolute Gasteiger partial charge is 0.312 e. The number of aromatic nitrogens is 2. The predicted molar refractivity (Wildman–Crippen MR) is 65.0 cm³/mol. The van der Waals surface area contributed by atoms with Crippen LogP contribution in [0.1, 0.15) is 26.5 Å². The molecule has 0 saturated carbocycles. The molecule has 1 N–H and O–H groups in total. The summed E-state index contributed by atoms with van der Waals surface area (Å²) in [5, 5.41) is 0. The molecule has 0 spiro atoms. The first-order valence-corrected chi connectivity index (χ1v) is 5.47. The molecule has 1 aromatic carbocycles. The summed E-state index contributed by atoms with van der Waals surface area (Å²) in [6.45, 7) is 5.94. The first-order chi connectivity index (χ1) is 7.91. The maximum atomic E-state index is 13.7. The summed E-state index contributed by atoms with van der Waals surface area (Å²) in [7, 11) is 0. The van der Waals surface area contributed by atoms with Crippen molar-refractivity contribution < 1.29 is 4.39 Å². The fraction of sp³-hybridized carbons (Fsp3) is 0.308. The Morgan fingerprint density at radius 1 is 1.24 bits per heavy atom. The zero-order valence-corrected chi connectivity index (χ0v) is 10.1. The van der Waals surface area contributed by atoms with Gasteiger partial charge in [0.05, 0.1) is 5.69 Å². The van der Waals surface area contributed by atoms with Crippen LogP contribution in [0.25, 0.3) is 5.69 Å². The molecule has 0 radical (unpaired) electrons. The minimum absolute atomic E-state index is 0.235. The summed E-state index contributed by atoms with van der Waals surface area (Å²) in [5.74, 6) is -0.403. The van der Waals surface area contributed by atoms with E-state index in [-0.39, 0.29) is 16.8 Å². The van der Waals surface area contributed by atoms with Gasteiger partial charge in [-0.2, -0.15) is 0 Å². The molecule has 1 aromatic heterocycles. The Labute approximate surface area is 98.9 Å². The minimum atomic E-state index is -0.403. The molecule has 0 fully saturated rings. The molecule has 2 aromatic rings. The number of hydrogen-bond donors (Lipinski definition) is 1. The van der Waals surface area contributed by atoms with Crippen molar-refractivity contribution in [3.8, 4) is 5.69 Å². The first kappa shape index (κ1) is 11.6. The molecular weight excluding hydrogens is 219 g/mol. The molecule has 0 aliphatic heterocycles. The fourth-order valence-corrected chi connectivity index (χ4v) is 1.79. The molecule has 2 rings (SSSR count). The Hall–Kier alpha value is -1.84. The third-order valence-corrected chi connectivity index (χ3v) is 2.64. The van der Waals surface area contributed by atoms with Gasteiger partial charge in [-0.05, 0) is 12.1 Å². The van der Waals surface area contributed by atoms with Crippen LogP contribution in [0.15, 0.2) is 35.3 Å². The second kappa shape index (κ2) is 3.87. The summed E-state index contributed by atoms with van der Waals surface area (Å²) in [5.41, 5.74) is 0.484. The molecular formula is C13H15FN2O. The van der Waals surface area contributed by atoms with Crippen LogP contribution in [-0.4, -0.2) is 9.55 Å². The summed E-state index contributed by atoms with van der Waals surface area (Å²) < 4.78 is 15.1. The molecule has 1 heterocycles. The van der Waals surface area contributed by atoms with E-state index in [1.165, 1.54) is 10.6 Å². The van der Waals surface area contributed by atoms with Gasteiger partial charge in [-0.15, -0.1) is 0 Å². The molecule has 0 saturated heterocycles. The summed E-state index contributed by atoms with van der Waals surface area (Å²) in [6, 6.07) is 6.26. The van der Waals surface area contributed by atoms with Gasteiger partial charge in [0, 0.05) is 17.3 Å². The number of H-pyrrole nitrogens is 1. The maximum Gasteiger partial charge on any atom is 0.330 e. The van der Waals surface area contributed by atoms with Crippen molar-refractivity contribution >= 4 is 0 Å². The van der Waals surface area contributed by atoms with E-state index in [2.05, 4.69) is 4.98 Å². The van der Waals surface area contributed by atoms with Gasteiger partial charge in [0.2, 0.25) is 0 Å². The zero-order valence-electron chi connectivity index (χ0n) is 10.1. The first-order valence-electron chi connectivity index (χ1n) is 5.47. The number of hydrogen-bond acceptors (Lipinski definition) is 1. The van der Waals surface area contributed by atoms with Crippen LogP contribution >= 0.6 is 0 Å². The number of nitrogens with zero attached hydrogens (tertiary/aromatic N) is 1. The Bertz CT molecular complexity index is 590. The number of aromatic amines is 1. The second-order valence-electron chi connectivity index (χ2n) is 5.02. The predicted octanol–water partition coefficient (Wildman–Crippen LogP) is 2.60. The van der Waals surface area contributed by atoms with E-state index in [0.717, 1.165) is 5.69 Å². The van der Waals surface area contributed by atoms with Crippen molar-refractivity contribution in [2.45, 2.75) is 26.2 Å². The number of benzene rings is 1. The largest absolute Gasteiger partial charge is 0.330 e. The van der Waals surface area contributed by atoms with Gasteiger partial charge in [0.15, 0.2) is 0 Å². The molecule has 17 heavy (non-hydrogen) atoms. The van der Waals surface area contributed by atoms with E-state index in [0.29, 0.717) is 0 Å². The Kier molecular flexibility index (Phi) is 2.65. The lowest BCUT2D eigenvalue weighted by atomic mass is 9.92. The van der Waals surface area contributed by atoms with Gasteiger partial charge >= 0.3 is 5.69 Å². The van der Waals surface area contributed by atoms with Crippen LogP contribution in [0.4, 0.5) is 4.39 Å². The van der Waals surface area contributed by atoms with Crippen LogP contribution in [0.3, 0.4) is 0 Å². The Morgan fingerprint density at radius 2 is 1.88 bits per heavy atom. The highest BCUT2D eigenvalue weighted by atomic mass is 19.1. The molecule has 0 unspecified atom stereocenters. The van der Waals surface area contributed by atoms with Crippen LogP contribution in [0.5, 0.6) is 0 Å². The highest BCUT2D eigenvalue weighted by Gasteiger charge is 2.22. The highest BCUT2D eigenvalue weighted by Crippen LogP contribution is 2.23.